The van der Waals surface area contributed by atoms with Gasteiger partial charge in [0.25, 0.3) is 11.5 Å². The molecule has 2 aromatic carbocycles. The molecule has 4 rings (SSSR count). The third-order valence-electron chi connectivity index (χ3n) is 5.25. The van der Waals surface area contributed by atoms with Gasteiger partial charge in [0.15, 0.2) is 0 Å². The summed E-state index contributed by atoms with van der Waals surface area (Å²) in [6.45, 7) is 5.64. The van der Waals surface area contributed by atoms with Crippen molar-refractivity contribution in [1.29, 1.82) is 0 Å². The molecule has 2 aromatic heterocycles. The van der Waals surface area contributed by atoms with Gasteiger partial charge in [0.2, 0.25) is 0 Å². The Kier molecular flexibility index (Phi) is 5.64. The Hall–Kier alpha value is -4.13. The van der Waals surface area contributed by atoms with Gasteiger partial charge in [-0.1, -0.05) is 18.2 Å². The molecule has 162 valence electrons. The van der Waals surface area contributed by atoms with Crippen molar-refractivity contribution < 1.29 is 9.53 Å². The first kappa shape index (κ1) is 21.1. The molecule has 0 fully saturated rings. The molecular weight excluding hydrogens is 404 g/mol. The molecule has 0 saturated heterocycles. The summed E-state index contributed by atoms with van der Waals surface area (Å²) in [5.41, 5.74) is 5.02. The zero-order chi connectivity index (χ0) is 22.8. The van der Waals surface area contributed by atoms with Crippen molar-refractivity contribution in [2.45, 2.75) is 20.8 Å². The SMILES string of the molecule is COc1cccc(-n2c(C)cc(C(=O)Nc3cccc(-c4nc(C)cc(=O)[nH]4)c3)c2C)c1. The first-order valence-electron chi connectivity index (χ1n) is 10.2. The van der Waals surface area contributed by atoms with Gasteiger partial charge in [-0.05, 0) is 51.1 Å². The molecule has 7 heteroatoms. The molecular formula is C25H24N4O3. The van der Waals surface area contributed by atoms with Crippen LogP contribution in [0, 0.1) is 20.8 Å². The van der Waals surface area contributed by atoms with E-state index in [4.69, 9.17) is 4.74 Å². The number of carbonyl (C=O) groups excluding carboxylic acids is 1. The van der Waals surface area contributed by atoms with E-state index in [-0.39, 0.29) is 11.5 Å². The number of amides is 1. The summed E-state index contributed by atoms with van der Waals surface area (Å²) in [4.78, 5) is 32.0. The fourth-order valence-corrected chi connectivity index (χ4v) is 3.80. The van der Waals surface area contributed by atoms with Crippen molar-refractivity contribution in [2.24, 2.45) is 0 Å². The van der Waals surface area contributed by atoms with Gasteiger partial charge >= 0.3 is 0 Å². The fourth-order valence-electron chi connectivity index (χ4n) is 3.80. The third kappa shape index (κ3) is 4.18. The fraction of sp³-hybridized carbons (Fsp3) is 0.160. The average molecular weight is 428 g/mol. The molecule has 32 heavy (non-hydrogen) atoms. The Balaban J connectivity index is 1.63. The number of aromatic nitrogens is 3. The van der Waals surface area contributed by atoms with Crippen LogP contribution in [0.4, 0.5) is 5.69 Å². The molecule has 0 spiro atoms. The number of rotatable bonds is 5. The first-order valence-corrected chi connectivity index (χ1v) is 10.2. The summed E-state index contributed by atoms with van der Waals surface area (Å²) in [5.74, 6) is 0.998. The number of H-pyrrole nitrogens is 1. The molecule has 1 amide bonds. The molecule has 0 saturated carbocycles. The highest BCUT2D eigenvalue weighted by Gasteiger charge is 2.17. The Morgan fingerprint density at radius 1 is 1.03 bits per heavy atom. The number of nitrogens with zero attached hydrogens (tertiary/aromatic N) is 2. The lowest BCUT2D eigenvalue weighted by Gasteiger charge is -2.12. The molecule has 0 aliphatic carbocycles. The van der Waals surface area contributed by atoms with Gasteiger partial charge in [-0.25, -0.2) is 4.98 Å². The maximum absolute atomic E-state index is 13.1. The second-order valence-electron chi connectivity index (χ2n) is 7.59. The number of carbonyl (C=O) groups is 1. The normalized spacial score (nSPS) is 10.8. The van der Waals surface area contributed by atoms with E-state index >= 15 is 0 Å². The largest absolute Gasteiger partial charge is 0.497 e. The van der Waals surface area contributed by atoms with E-state index in [2.05, 4.69) is 15.3 Å². The van der Waals surface area contributed by atoms with Crippen LogP contribution in [-0.2, 0) is 0 Å². The highest BCUT2D eigenvalue weighted by molar-refractivity contribution is 6.05. The molecule has 0 radical (unpaired) electrons. The van der Waals surface area contributed by atoms with Crippen LogP contribution in [0.15, 0.2) is 65.5 Å². The second kappa shape index (κ2) is 8.55. The van der Waals surface area contributed by atoms with Gasteiger partial charge in [0.05, 0.1) is 12.7 Å². The van der Waals surface area contributed by atoms with Crippen LogP contribution in [0.2, 0.25) is 0 Å². The van der Waals surface area contributed by atoms with Crippen molar-refractivity contribution in [3.8, 4) is 22.8 Å². The molecule has 0 bridgehead atoms. The minimum Gasteiger partial charge on any atom is -0.497 e. The van der Waals surface area contributed by atoms with Crippen LogP contribution in [0.25, 0.3) is 17.1 Å². The van der Waals surface area contributed by atoms with Gasteiger partial charge in [0, 0.05) is 46.2 Å². The number of nitrogens with one attached hydrogen (secondary N) is 2. The number of methoxy groups -OCH3 is 1. The van der Waals surface area contributed by atoms with E-state index < -0.39 is 0 Å². The summed E-state index contributed by atoms with van der Waals surface area (Å²) >= 11 is 0. The molecule has 4 aromatic rings. The van der Waals surface area contributed by atoms with Crippen LogP contribution >= 0.6 is 0 Å². The number of hydrogen-bond donors (Lipinski definition) is 2. The monoisotopic (exact) mass is 428 g/mol. The van der Waals surface area contributed by atoms with Gasteiger partial charge in [-0.2, -0.15) is 0 Å². The number of anilines is 1. The number of aryl methyl sites for hydroxylation is 2. The molecule has 0 unspecified atom stereocenters. The number of benzene rings is 2. The highest BCUT2D eigenvalue weighted by atomic mass is 16.5. The van der Waals surface area contributed by atoms with Crippen molar-refractivity contribution in [2.75, 3.05) is 12.4 Å². The van der Waals surface area contributed by atoms with Gasteiger partial charge in [-0.15, -0.1) is 0 Å². The lowest BCUT2D eigenvalue weighted by atomic mass is 10.1. The number of ether oxygens (including phenoxy) is 1. The van der Waals surface area contributed by atoms with E-state index in [0.717, 1.165) is 22.8 Å². The Morgan fingerprint density at radius 2 is 1.81 bits per heavy atom. The van der Waals surface area contributed by atoms with Crippen LogP contribution in [0.3, 0.4) is 0 Å². The summed E-state index contributed by atoms with van der Waals surface area (Å²) < 4.78 is 7.35. The Morgan fingerprint density at radius 3 is 2.56 bits per heavy atom. The van der Waals surface area contributed by atoms with E-state index in [1.54, 1.807) is 26.2 Å². The van der Waals surface area contributed by atoms with Crippen LogP contribution in [0.5, 0.6) is 5.75 Å². The average Bonchev–Trinajstić information content (AvgIpc) is 3.07. The zero-order valence-corrected chi connectivity index (χ0v) is 18.4. The summed E-state index contributed by atoms with van der Waals surface area (Å²) in [6, 6.07) is 18.3. The van der Waals surface area contributed by atoms with Crippen molar-refractivity contribution in [3.63, 3.8) is 0 Å². The molecule has 7 nitrogen and oxygen atoms in total. The second-order valence-corrected chi connectivity index (χ2v) is 7.59. The minimum atomic E-state index is -0.216. The lowest BCUT2D eigenvalue weighted by molar-refractivity contribution is 0.102. The predicted molar refractivity (Wildman–Crippen MR) is 125 cm³/mol. The van der Waals surface area contributed by atoms with Gasteiger partial charge in [-0.3, -0.25) is 9.59 Å². The van der Waals surface area contributed by atoms with E-state index in [1.165, 1.54) is 6.07 Å². The zero-order valence-electron chi connectivity index (χ0n) is 18.4. The summed E-state index contributed by atoms with van der Waals surface area (Å²) in [6.07, 6.45) is 0. The quantitative estimate of drug-likeness (QED) is 0.493. The highest BCUT2D eigenvalue weighted by Crippen LogP contribution is 2.25. The van der Waals surface area contributed by atoms with E-state index in [9.17, 15) is 9.59 Å². The Labute approximate surface area is 185 Å². The first-order chi connectivity index (χ1) is 15.4. The summed E-state index contributed by atoms with van der Waals surface area (Å²) in [5, 5.41) is 2.96. The van der Waals surface area contributed by atoms with Crippen molar-refractivity contribution in [3.05, 3.63) is 93.7 Å². The smallest absolute Gasteiger partial charge is 0.257 e. The van der Waals surface area contributed by atoms with E-state index in [0.29, 0.717) is 28.3 Å². The van der Waals surface area contributed by atoms with E-state index in [1.807, 2.05) is 60.9 Å². The summed E-state index contributed by atoms with van der Waals surface area (Å²) in [7, 11) is 1.63. The van der Waals surface area contributed by atoms with Crippen molar-refractivity contribution in [1.82, 2.24) is 14.5 Å². The minimum absolute atomic E-state index is 0.213. The van der Waals surface area contributed by atoms with Gasteiger partial charge < -0.3 is 19.6 Å². The molecule has 2 N–H and O–H groups in total. The van der Waals surface area contributed by atoms with Gasteiger partial charge in [0.1, 0.15) is 11.6 Å². The third-order valence-corrected chi connectivity index (χ3v) is 5.25. The standard InChI is InChI=1S/C25H24N4O3/c1-15-11-23(30)28-24(26-15)18-7-5-8-19(13-18)27-25(31)22-12-16(2)29(17(22)3)20-9-6-10-21(14-20)32-4/h5-14H,1-4H3,(H,27,31)(H,26,28,30). The van der Waals surface area contributed by atoms with Crippen LogP contribution < -0.4 is 15.6 Å². The van der Waals surface area contributed by atoms with Crippen LogP contribution in [-0.4, -0.2) is 27.6 Å². The maximum Gasteiger partial charge on any atom is 0.257 e. The van der Waals surface area contributed by atoms with Crippen molar-refractivity contribution >= 4 is 11.6 Å². The predicted octanol–water partition coefficient (Wildman–Crippen LogP) is 4.41. The number of hydrogen-bond acceptors (Lipinski definition) is 4. The topological polar surface area (TPSA) is 89.0 Å². The number of aromatic amines is 1. The Bertz CT molecular complexity index is 1370. The van der Waals surface area contributed by atoms with Crippen LogP contribution in [0.1, 0.15) is 27.4 Å². The molecule has 0 aliphatic rings. The maximum atomic E-state index is 13.1. The molecule has 0 aliphatic heterocycles. The lowest BCUT2D eigenvalue weighted by Crippen LogP contribution is -2.13. The molecule has 2 heterocycles. The molecule has 0 atom stereocenters.